The third kappa shape index (κ3) is 3.61. The molecular weight excluding hydrogens is 240 g/mol. The van der Waals surface area contributed by atoms with E-state index < -0.39 is 0 Å². The Morgan fingerprint density at radius 3 is 2.63 bits per heavy atom. The minimum Gasteiger partial charge on any atom is -0.373 e. The van der Waals surface area contributed by atoms with Crippen LogP contribution in [0.2, 0.25) is 0 Å². The number of anilines is 2. The van der Waals surface area contributed by atoms with Crippen LogP contribution in [-0.4, -0.2) is 27.0 Å². The van der Waals surface area contributed by atoms with E-state index in [2.05, 4.69) is 44.4 Å². The molecule has 0 aliphatic rings. The fourth-order valence-electron chi connectivity index (χ4n) is 1.55. The van der Waals surface area contributed by atoms with Crippen LogP contribution >= 0.6 is 0 Å². The van der Waals surface area contributed by atoms with Crippen LogP contribution in [0.3, 0.4) is 0 Å². The van der Waals surface area contributed by atoms with Crippen molar-refractivity contribution in [2.24, 2.45) is 0 Å². The largest absolute Gasteiger partial charge is 0.373 e. The van der Waals surface area contributed by atoms with Gasteiger partial charge >= 0.3 is 0 Å². The predicted octanol–water partition coefficient (Wildman–Crippen LogP) is 2.04. The normalized spacial score (nSPS) is 10.5. The van der Waals surface area contributed by atoms with E-state index in [0.717, 1.165) is 23.2 Å². The first-order valence-corrected chi connectivity index (χ1v) is 6.24. The summed E-state index contributed by atoms with van der Waals surface area (Å²) in [6, 6.07) is 3.75. The van der Waals surface area contributed by atoms with Crippen LogP contribution in [0, 0.1) is 0 Å². The SMILES string of the molecule is CNc1cc(NCc2ccncn2)nc(C(C)C)n1. The molecule has 2 aromatic rings. The first kappa shape index (κ1) is 13.2. The molecule has 0 fully saturated rings. The molecule has 0 bridgehead atoms. The number of hydrogen-bond donors (Lipinski definition) is 2. The van der Waals surface area contributed by atoms with Crippen LogP contribution in [0.25, 0.3) is 0 Å². The van der Waals surface area contributed by atoms with Crippen molar-refractivity contribution < 1.29 is 0 Å². The molecule has 6 heteroatoms. The molecule has 0 radical (unpaired) electrons. The summed E-state index contributed by atoms with van der Waals surface area (Å²) in [6.45, 7) is 4.76. The van der Waals surface area contributed by atoms with E-state index in [1.807, 2.05) is 19.2 Å². The van der Waals surface area contributed by atoms with E-state index in [-0.39, 0.29) is 5.92 Å². The van der Waals surface area contributed by atoms with Gasteiger partial charge in [0, 0.05) is 25.2 Å². The summed E-state index contributed by atoms with van der Waals surface area (Å²) in [6.07, 6.45) is 3.26. The summed E-state index contributed by atoms with van der Waals surface area (Å²) in [4.78, 5) is 17.0. The molecule has 2 aromatic heterocycles. The number of rotatable bonds is 5. The molecule has 0 atom stereocenters. The van der Waals surface area contributed by atoms with Crippen molar-refractivity contribution in [3.8, 4) is 0 Å². The van der Waals surface area contributed by atoms with E-state index in [1.54, 1.807) is 6.20 Å². The quantitative estimate of drug-likeness (QED) is 0.854. The highest BCUT2D eigenvalue weighted by atomic mass is 15.1. The van der Waals surface area contributed by atoms with Gasteiger partial charge < -0.3 is 10.6 Å². The molecule has 0 unspecified atom stereocenters. The zero-order chi connectivity index (χ0) is 13.7. The van der Waals surface area contributed by atoms with Crippen molar-refractivity contribution in [2.75, 3.05) is 17.7 Å². The van der Waals surface area contributed by atoms with E-state index in [4.69, 9.17) is 0 Å². The van der Waals surface area contributed by atoms with Crippen LogP contribution in [0.15, 0.2) is 24.7 Å². The molecule has 0 aliphatic heterocycles. The molecule has 0 spiro atoms. The van der Waals surface area contributed by atoms with Crippen LogP contribution in [-0.2, 0) is 6.54 Å². The van der Waals surface area contributed by atoms with Crippen LogP contribution in [0.5, 0.6) is 0 Å². The first-order chi connectivity index (χ1) is 9.19. The second-order valence-corrected chi connectivity index (χ2v) is 4.46. The second-order valence-electron chi connectivity index (χ2n) is 4.46. The Morgan fingerprint density at radius 1 is 1.21 bits per heavy atom. The predicted molar refractivity (Wildman–Crippen MR) is 75.0 cm³/mol. The third-order valence-electron chi connectivity index (χ3n) is 2.61. The van der Waals surface area contributed by atoms with Gasteiger partial charge in [-0.15, -0.1) is 0 Å². The minimum atomic E-state index is 0.285. The second kappa shape index (κ2) is 6.08. The van der Waals surface area contributed by atoms with Gasteiger partial charge in [-0.1, -0.05) is 13.8 Å². The molecular formula is C13H18N6. The molecule has 0 aromatic carbocycles. The van der Waals surface area contributed by atoms with Crippen molar-refractivity contribution in [3.05, 3.63) is 36.2 Å². The van der Waals surface area contributed by atoms with Gasteiger partial charge in [0.1, 0.15) is 23.8 Å². The van der Waals surface area contributed by atoms with Gasteiger partial charge in [0.2, 0.25) is 0 Å². The highest BCUT2D eigenvalue weighted by Crippen LogP contribution is 2.16. The summed E-state index contributed by atoms with van der Waals surface area (Å²) in [5.41, 5.74) is 0.922. The number of aromatic nitrogens is 4. The van der Waals surface area contributed by atoms with Crippen molar-refractivity contribution in [1.29, 1.82) is 0 Å². The lowest BCUT2D eigenvalue weighted by Gasteiger charge is -2.11. The number of nitrogens with one attached hydrogen (secondary N) is 2. The molecule has 100 valence electrons. The molecule has 0 aliphatic carbocycles. The minimum absolute atomic E-state index is 0.285. The zero-order valence-corrected chi connectivity index (χ0v) is 11.4. The van der Waals surface area contributed by atoms with Gasteiger partial charge in [0.05, 0.1) is 12.2 Å². The fraction of sp³-hybridized carbons (Fsp3) is 0.385. The third-order valence-corrected chi connectivity index (χ3v) is 2.61. The number of nitrogens with zero attached hydrogens (tertiary/aromatic N) is 4. The highest BCUT2D eigenvalue weighted by Gasteiger charge is 2.07. The van der Waals surface area contributed by atoms with Crippen LogP contribution < -0.4 is 10.6 Å². The van der Waals surface area contributed by atoms with E-state index in [9.17, 15) is 0 Å². The Balaban J connectivity index is 2.13. The fourth-order valence-corrected chi connectivity index (χ4v) is 1.55. The molecule has 0 saturated carbocycles. The van der Waals surface area contributed by atoms with Gasteiger partial charge in [0.15, 0.2) is 0 Å². The van der Waals surface area contributed by atoms with Gasteiger partial charge in [-0.25, -0.2) is 19.9 Å². The number of hydrogen-bond acceptors (Lipinski definition) is 6. The molecule has 0 saturated heterocycles. The zero-order valence-electron chi connectivity index (χ0n) is 11.4. The maximum absolute atomic E-state index is 4.49. The molecule has 2 N–H and O–H groups in total. The van der Waals surface area contributed by atoms with Crippen molar-refractivity contribution in [2.45, 2.75) is 26.3 Å². The van der Waals surface area contributed by atoms with Gasteiger partial charge in [-0.2, -0.15) is 0 Å². The summed E-state index contributed by atoms with van der Waals surface area (Å²) in [5, 5.41) is 6.29. The summed E-state index contributed by atoms with van der Waals surface area (Å²) in [7, 11) is 1.85. The van der Waals surface area contributed by atoms with Crippen molar-refractivity contribution in [3.63, 3.8) is 0 Å². The Hall–Kier alpha value is -2.24. The first-order valence-electron chi connectivity index (χ1n) is 6.24. The average Bonchev–Trinajstić information content (AvgIpc) is 2.45. The lowest BCUT2D eigenvalue weighted by Crippen LogP contribution is -2.08. The lowest BCUT2D eigenvalue weighted by atomic mass is 10.2. The average molecular weight is 258 g/mol. The van der Waals surface area contributed by atoms with E-state index in [1.165, 1.54) is 6.33 Å². The highest BCUT2D eigenvalue weighted by molar-refractivity contribution is 5.47. The molecule has 0 amide bonds. The Kier molecular flexibility index (Phi) is 4.22. The maximum atomic E-state index is 4.49. The molecule has 2 rings (SSSR count). The maximum Gasteiger partial charge on any atom is 0.135 e. The summed E-state index contributed by atoms with van der Waals surface area (Å²) < 4.78 is 0. The summed E-state index contributed by atoms with van der Waals surface area (Å²) >= 11 is 0. The smallest absolute Gasteiger partial charge is 0.135 e. The Bertz CT molecular complexity index is 526. The Morgan fingerprint density at radius 2 is 2.00 bits per heavy atom. The van der Waals surface area contributed by atoms with Gasteiger partial charge in [-0.3, -0.25) is 0 Å². The topological polar surface area (TPSA) is 75.6 Å². The Labute approximate surface area is 112 Å². The lowest BCUT2D eigenvalue weighted by molar-refractivity contribution is 0.775. The van der Waals surface area contributed by atoms with Crippen LogP contribution in [0.4, 0.5) is 11.6 Å². The van der Waals surface area contributed by atoms with Gasteiger partial charge in [0.25, 0.3) is 0 Å². The van der Waals surface area contributed by atoms with Crippen molar-refractivity contribution in [1.82, 2.24) is 19.9 Å². The van der Waals surface area contributed by atoms with Crippen molar-refractivity contribution >= 4 is 11.6 Å². The molecule has 2 heterocycles. The van der Waals surface area contributed by atoms with Crippen LogP contribution in [0.1, 0.15) is 31.3 Å². The van der Waals surface area contributed by atoms with E-state index >= 15 is 0 Å². The standard InChI is InChI=1S/C13H18N6/c1-9(2)13-18-11(14-3)6-12(19-13)16-7-10-4-5-15-8-17-10/h4-6,8-9H,7H2,1-3H3,(H2,14,16,18,19). The van der Waals surface area contributed by atoms with E-state index in [0.29, 0.717) is 6.54 Å². The van der Waals surface area contributed by atoms with Gasteiger partial charge in [-0.05, 0) is 6.07 Å². The monoisotopic (exact) mass is 258 g/mol. The molecule has 19 heavy (non-hydrogen) atoms. The molecule has 6 nitrogen and oxygen atoms in total. The summed E-state index contributed by atoms with van der Waals surface area (Å²) in [5.74, 6) is 2.70.